The molecule has 2 saturated heterocycles. The van der Waals surface area contributed by atoms with Crippen LogP contribution in [0.2, 0.25) is 0 Å². The minimum Gasteiger partial charge on any atom is -0.492 e. The minimum absolute atomic E-state index is 0.176. The molecule has 16 heteroatoms. The number of amides is 6. The van der Waals surface area contributed by atoms with Crippen molar-refractivity contribution in [3.63, 3.8) is 0 Å². The summed E-state index contributed by atoms with van der Waals surface area (Å²) in [5.74, 6) is -0.659. The highest BCUT2D eigenvalue weighted by molar-refractivity contribution is 5.95. The van der Waals surface area contributed by atoms with Crippen LogP contribution in [0.25, 0.3) is 11.1 Å². The summed E-state index contributed by atoms with van der Waals surface area (Å²) in [7, 11) is 3.37. The van der Waals surface area contributed by atoms with Crippen LogP contribution in [-0.2, 0) is 28.8 Å². The van der Waals surface area contributed by atoms with Crippen molar-refractivity contribution >= 4 is 35.4 Å². The number of carbonyl (C=O) groups excluding carboxylic acids is 6. The molecule has 4 aliphatic heterocycles. The maximum absolute atomic E-state index is 14.0. The van der Waals surface area contributed by atoms with Crippen molar-refractivity contribution in [2.45, 2.75) is 128 Å². The predicted molar refractivity (Wildman–Crippen MR) is 234 cm³/mol. The fourth-order valence-corrected chi connectivity index (χ4v) is 8.92. The maximum Gasteiger partial charge on any atom is 0.246 e. The number of benzene rings is 2. The van der Waals surface area contributed by atoms with E-state index in [9.17, 15) is 28.8 Å². The van der Waals surface area contributed by atoms with Gasteiger partial charge < -0.3 is 51.2 Å². The molecule has 4 heterocycles. The Bertz CT molecular complexity index is 1850. The van der Waals surface area contributed by atoms with Crippen molar-refractivity contribution < 1.29 is 38.2 Å². The average molecular weight is 859 g/mol. The van der Waals surface area contributed by atoms with E-state index in [0.29, 0.717) is 76.3 Å². The van der Waals surface area contributed by atoms with Crippen LogP contribution >= 0.6 is 0 Å². The number of hydrogen-bond donors (Lipinski definition) is 6. The molecule has 2 aromatic carbocycles. The molecule has 2 fully saturated rings. The number of fused-ring (bicyclic) bond motifs is 2. The monoisotopic (exact) mass is 859 g/mol. The first-order chi connectivity index (χ1) is 29.7. The molecule has 0 bridgehead atoms. The first-order valence-corrected chi connectivity index (χ1v) is 22.3. The number of hydrogen-bond acceptors (Lipinski definition) is 10. The third-order valence-corrected chi connectivity index (χ3v) is 12.9. The Morgan fingerprint density at radius 2 is 0.968 bits per heavy atom. The van der Waals surface area contributed by atoms with Crippen LogP contribution in [0.3, 0.4) is 0 Å². The van der Waals surface area contributed by atoms with Gasteiger partial charge in [0.15, 0.2) is 0 Å². The Morgan fingerprint density at radius 1 is 0.581 bits per heavy atom. The Balaban J connectivity index is 1.17. The van der Waals surface area contributed by atoms with Crippen molar-refractivity contribution in [1.29, 1.82) is 0 Å². The molecule has 0 radical (unpaired) electrons. The lowest BCUT2D eigenvalue weighted by Gasteiger charge is -2.34. The highest BCUT2D eigenvalue weighted by Crippen LogP contribution is 2.46. The van der Waals surface area contributed by atoms with Crippen molar-refractivity contribution in [2.75, 3.05) is 40.4 Å². The van der Waals surface area contributed by atoms with Gasteiger partial charge in [0.25, 0.3) is 0 Å². The SMILES string of the molecule is CNC(C)C(=O)NC(C(=O)N1CCC[C@H]1C(=O)N[C@@H]1CCOc2c(-c3cccc4c3OCC[C@H]4NC(=O)[C@@H]3CCCN3C(=O)C(NC(=O)C(C)NC)C(C)C)cccc21)C(C)C. The second-order valence-corrected chi connectivity index (χ2v) is 17.7. The van der Waals surface area contributed by atoms with Gasteiger partial charge in [0, 0.05) is 48.2 Å². The zero-order valence-corrected chi connectivity index (χ0v) is 37.5. The lowest BCUT2D eigenvalue weighted by molar-refractivity contribution is -0.142. The van der Waals surface area contributed by atoms with E-state index in [-0.39, 0.29) is 59.4 Å². The molecular formula is C46H66N8O8. The lowest BCUT2D eigenvalue weighted by atomic mass is 9.90. The van der Waals surface area contributed by atoms with Crippen LogP contribution in [0.1, 0.15) is 103 Å². The van der Waals surface area contributed by atoms with Crippen LogP contribution in [0.4, 0.5) is 0 Å². The Kier molecular flexibility index (Phi) is 15.2. The zero-order valence-electron chi connectivity index (χ0n) is 37.5. The number of rotatable bonds is 15. The molecular weight excluding hydrogens is 793 g/mol. The molecule has 4 unspecified atom stereocenters. The van der Waals surface area contributed by atoms with Crippen molar-refractivity contribution in [2.24, 2.45) is 11.8 Å². The summed E-state index contributed by atoms with van der Waals surface area (Å²) in [6, 6.07) is 7.10. The van der Waals surface area contributed by atoms with E-state index in [1.807, 2.05) is 64.1 Å². The standard InChI is InChI=1S/C46H66N8O8/c1-25(2)37(51-41(55)27(5)47-7)45(59)53-21-11-17-35(53)43(57)49-33-19-23-61-39-29(13-9-15-31(33)39)30-14-10-16-32-34(20-24-62-40(30)32)50-44(58)36-18-12-22-54(36)46(60)38(26(3)4)52-42(56)28(6)48-8/h9-10,13-16,25-28,33-38,47-48H,11-12,17-24H2,1-8H3,(H,49,57)(H,50,58)(H,51,55)(H,52,56)/t27?,28?,33-,34-,35+,36+,37?,38?/m1/s1. The zero-order chi connectivity index (χ0) is 44.8. The van der Waals surface area contributed by atoms with Crippen LogP contribution in [0.15, 0.2) is 36.4 Å². The Morgan fingerprint density at radius 3 is 1.32 bits per heavy atom. The second kappa shape index (κ2) is 20.3. The smallest absolute Gasteiger partial charge is 0.246 e. The summed E-state index contributed by atoms with van der Waals surface area (Å²) in [4.78, 5) is 84.6. The van der Waals surface area contributed by atoms with Gasteiger partial charge in [-0.1, -0.05) is 64.1 Å². The van der Waals surface area contributed by atoms with E-state index < -0.39 is 36.3 Å². The predicted octanol–water partition coefficient (Wildman–Crippen LogP) is 2.71. The van der Waals surface area contributed by atoms with E-state index in [2.05, 4.69) is 31.9 Å². The van der Waals surface area contributed by atoms with Crippen LogP contribution in [0, 0.1) is 11.8 Å². The number of likely N-dealkylation sites (N-methyl/N-ethyl adjacent to an activating group) is 2. The molecule has 6 rings (SSSR count). The summed E-state index contributed by atoms with van der Waals surface area (Å²) >= 11 is 0. The highest BCUT2D eigenvalue weighted by Gasteiger charge is 2.42. The number of nitrogens with one attached hydrogen (secondary N) is 6. The molecule has 6 amide bonds. The third-order valence-electron chi connectivity index (χ3n) is 12.9. The molecule has 0 aliphatic carbocycles. The quantitative estimate of drug-likeness (QED) is 0.155. The number of likely N-dealkylation sites (tertiary alicyclic amines) is 2. The third kappa shape index (κ3) is 9.86. The molecule has 4 aliphatic rings. The number of para-hydroxylation sites is 2. The van der Waals surface area contributed by atoms with Crippen LogP contribution in [0.5, 0.6) is 11.5 Å². The van der Waals surface area contributed by atoms with E-state index in [1.54, 1.807) is 37.7 Å². The van der Waals surface area contributed by atoms with Gasteiger partial charge in [-0.2, -0.15) is 0 Å². The second-order valence-electron chi connectivity index (χ2n) is 17.7. The first-order valence-electron chi connectivity index (χ1n) is 22.3. The minimum atomic E-state index is -0.762. The fourth-order valence-electron chi connectivity index (χ4n) is 8.92. The molecule has 0 spiro atoms. The van der Waals surface area contributed by atoms with Crippen LogP contribution in [-0.4, -0.2) is 122 Å². The van der Waals surface area contributed by atoms with Gasteiger partial charge in [-0.3, -0.25) is 28.8 Å². The van der Waals surface area contributed by atoms with Crippen molar-refractivity contribution in [1.82, 2.24) is 41.7 Å². The van der Waals surface area contributed by atoms with Gasteiger partial charge in [-0.15, -0.1) is 0 Å². The molecule has 2 aromatic rings. The summed E-state index contributed by atoms with van der Waals surface area (Å²) in [5.41, 5.74) is 3.20. The normalized spacial score (nSPS) is 22.6. The molecule has 16 nitrogen and oxygen atoms in total. The lowest BCUT2D eigenvalue weighted by Crippen LogP contribution is -2.57. The van der Waals surface area contributed by atoms with Gasteiger partial charge in [0.1, 0.15) is 35.7 Å². The van der Waals surface area contributed by atoms with Gasteiger partial charge in [0.05, 0.1) is 37.4 Å². The number of ether oxygens (including phenoxy) is 2. The van der Waals surface area contributed by atoms with E-state index in [4.69, 9.17) is 9.47 Å². The molecule has 6 N–H and O–H groups in total. The molecule has 0 saturated carbocycles. The molecule has 62 heavy (non-hydrogen) atoms. The number of carbonyl (C=O) groups is 6. The molecule has 8 atom stereocenters. The summed E-state index contributed by atoms with van der Waals surface area (Å²) < 4.78 is 12.7. The van der Waals surface area contributed by atoms with E-state index in [1.165, 1.54) is 0 Å². The van der Waals surface area contributed by atoms with Gasteiger partial charge >= 0.3 is 0 Å². The van der Waals surface area contributed by atoms with Crippen LogP contribution < -0.4 is 41.4 Å². The summed E-state index contributed by atoms with van der Waals surface area (Å²) in [6.45, 7) is 12.6. The molecule has 338 valence electrons. The van der Waals surface area contributed by atoms with Gasteiger partial charge in [0.2, 0.25) is 35.4 Å². The average Bonchev–Trinajstić information content (AvgIpc) is 3.97. The van der Waals surface area contributed by atoms with Gasteiger partial charge in [-0.05, 0) is 65.5 Å². The van der Waals surface area contributed by atoms with E-state index >= 15 is 0 Å². The first kappa shape index (κ1) is 46.3. The largest absolute Gasteiger partial charge is 0.492 e. The Hall–Kier alpha value is -5.22. The van der Waals surface area contributed by atoms with Gasteiger partial charge in [-0.25, -0.2) is 0 Å². The van der Waals surface area contributed by atoms with E-state index in [0.717, 1.165) is 22.3 Å². The number of nitrogens with zero attached hydrogens (tertiary/aromatic N) is 2. The highest BCUT2D eigenvalue weighted by atomic mass is 16.5. The summed E-state index contributed by atoms with van der Waals surface area (Å²) in [5, 5.41) is 18.1. The Labute approximate surface area is 365 Å². The maximum atomic E-state index is 14.0. The topological polar surface area (TPSA) is 200 Å². The molecule has 0 aromatic heterocycles. The fraction of sp³-hybridized carbons (Fsp3) is 0.609. The van der Waals surface area contributed by atoms with Crippen molar-refractivity contribution in [3.8, 4) is 22.6 Å². The van der Waals surface area contributed by atoms with Crippen molar-refractivity contribution in [3.05, 3.63) is 47.5 Å². The summed E-state index contributed by atoms with van der Waals surface area (Å²) in [6.07, 6.45) is 3.46.